The summed E-state index contributed by atoms with van der Waals surface area (Å²) in [7, 11) is -1.06. The first-order valence-corrected chi connectivity index (χ1v) is 8.38. The molecule has 0 saturated carbocycles. The molecule has 0 bridgehead atoms. The molecule has 1 aliphatic heterocycles. The Balaban J connectivity index is 2.08. The van der Waals surface area contributed by atoms with Crippen molar-refractivity contribution in [3.05, 3.63) is 18.2 Å². The van der Waals surface area contributed by atoms with Crippen molar-refractivity contribution in [2.24, 2.45) is 0 Å². The molecule has 0 radical (unpaired) electrons. The van der Waals surface area contributed by atoms with E-state index in [1.807, 2.05) is 25.1 Å². The van der Waals surface area contributed by atoms with Crippen molar-refractivity contribution in [2.75, 3.05) is 19.8 Å². The van der Waals surface area contributed by atoms with Gasteiger partial charge in [-0.2, -0.15) is 0 Å². The molecule has 4 nitrogen and oxygen atoms in total. The molecule has 1 aromatic carbocycles. The lowest BCUT2D eigenvalue weighted by Crippen LogP contribution is -2.38. The predicted molar refractivity (Wildman–Crippen MR) is 81.1 cm³/mol. The molecule has 0 amide bonds. The maximum absolute atomic E-state index is 12.6. The molecule has 0 aromatic heterocycles. The molecule has 0 aliphatic carbocycles. The van der Waals surface area contributed by atoms with Crippen molar-refractivity contribution in [1.82, 2.24) is 5.32 Å². The largest absolute Gasteiger partial charge is 0.486 e. The number of ether oxygens (including phenoxy) is 2. The van der Waals surface area contributed by atoms with E-state index in [2.05, 4.69) is 19.2 Å². The summed E-state index contributed by atoms with van der Waals surface area (Å²) in [6, 6.07) is 5.77. The van der Waals surface area contributed by atoms with Gasteiger partial charge in [0.1, 0.15) is 13.2 Å². The van der Waals surface area contributed by atoms with Gasteiger partial charge in [-0.25, -0.2) is 0 Å². The number of benzene rings is 1. The smallest absolute Gasteiger partial charge is 0.162 e. The summed E-state index contributed by atoms with van der Waals surface area (Å²) in [5, 5.41) is 3.44. The Morgan fingerprint density at radius 3 is 2.65 bits per heavy atom. The van der Waals surface area contributed by atoms with Gasteiger partial charge in [-0.15, -0.1) is 0 Å². The van der Waals surface area contributed by atoms with Crippen LogP contribution in [0.4, 0.5) is 0 Å². The second-order valence-corrected chi connectivity index (χ2v) is 6.86. The molecule has 0 spiro atoms. The average Bonchev–Trinajstić information content (AvgIpc) is 2.50. The SMILES string of the molecule is CCCNC(C)C(C)S(=O)c1ccc2c(c1)OCCO2. The van der Waals surface area contributed by atoms with E-state index in [4.69, 9.17) is 9.47 Å². The maximum atomic E-state index is 12.6. The van der Waals surface area contributed by atoms with E-state index in [1.54, 1.807) is 0 Å². The van der Waals surface area contributed by atoms with Crippen LogP contribution in [0, 0.1) is 0 Å². The van der Waals surface area contributed by atoms with Gasteiger partial charge in [-0.3, -0.25) is 4.21 Å². The fourth-order valence-electron chi connectivity index (χ4n) is 2.09. The molecule has 1 heterocycles. The van der Waals surface area contributed by atoms with Crippen molar-refractivity contribution >= 4 is 10.8 Å². The summed E-state index contributed by atoms with van der Waals surface area (Å²) in [5.74, 6) is 1.44. The second-order valence-electron chi connectivity index (χ2n) is 5.05. The Hall–Kier alpha value is -1.07. The monoisotopic (exact) mass is 297 g/mol. The second kappa shape index (κ2) is 7.09. The zero-order valence-corrected chi connectivity index (χ0v) is 13.2. The minimum absolute atomic E-state index is 0.0455. The highest BCUT2D eigenvalue weighted by atomic mass is 32.2. The van der Waals surface area contributed by atoms with Crippen LogP contribution < -0.4 is 14.8 Å². The number of hydrogen-bond donors (Lipinski definition) is 1. The highest BCUT2D eigenvalue weighted by Crippen LogP contribution is 2.32. The van der Waals surface area contributed by atoms with Gasteiger partial charge in [-0.05, 0) is 38.9 Å². The molecule has 3 atom stereocenters. The van der Waals surface area contributed by atoms with Gasteiger partial charge in [0, 0.05) is 17.0 Å². The molecule has 1 aromatic rings. The lowest BCUT2D eigenvalue weighted by atomic mass is 10.2. The van der Waals surface area contributed by atoms with Gasteiger partial charge >= 0.3 is 0 Å². The van der Waals surface area contributed by atoms with Gasteiger partial charge in [0.2, 0.25) is 0 Å². The van der Waals surface area contributed by atoms with E-state index in [0.29, 0.717) is 19.0 Å². The van der Waals surface area contributed by atoms with Crippen molar-refractivity contribution in [1.29, 1.82) is 0 Å². The highest BCUT2D eigenvalue weighted by molar-refractivity contribution is 7.85. The lowest BCUT2D eigenvalue weighted by Gasteiger charge is -2.22. The van der Waals surface area contributed by atoms with Crippen LogP contribution in [0.5, 0.6) is 11.5 Å². The Kier molecular flexibility index (Phi) is 5.43. The van der Waals surface area contributed by atoms with E-state index in [9.17, 15) is 4.21 Å². The van der Waals surface area contributed by atoms with Gasteiger partial charge in [0.15, 0.2) is 11.5 Å². The average molecular weight is 297 g/mol. The quantitative estimate of drug-likeness (QED) is 0.875. The Bertz CT molecular complexity index is 478. The summed E-state index contributed by atoms with van der Waals surface area (Å²) in [4.78, 5) is 0.798. The molecule has 1 N–H and O–H groups in total. The van der Waals surface area contributed by atoms with Crippen molar-refractivity contribution in [3.8, 4) is 11.5 Å². The van der Waals surface area contributed by atoms with E-state index < -0.39 is 10.8 Å². The fourth-order valence-corrected chi connectivity index (χ4v) is 3.41. The third-order valence-electron chi connectivity index (χ3n) is 3.50. The minimum Gasteiger partial charge on any atom is -0.486 e. The third-order valence-corrected chi connectivity index (χ3v) is 5.31. The van der Waals surface area contributed by atoms with E-state index in [0.717, 1.165) is 23.6 Å². The molecular weight excluding hydrogens is 274 g/mol. The van der Waals surface area contributed by atoms with Crippen LogP contribution in [-0.4, -0.2) is 35.3 Å². The molecule has 112 valence electrons. The van der Waals surface area contributed by atoms with Crippen molar-refractivity contribution in [2.45, 2.75) is 43.4 Å². The normalized spacial score (nSPS) is 18.4. The van der Waals surface area contributed by atoms with Crippen LogP contribution in [0.15, 0.2) is 23.1 Å². The van der Waals surface area contributed by atoms with E-state index in [-0.39, 0.29) is 11.3 Å². The number of hydrogen-bond acceptors (Lipinski definition) is 4. The summed E-state index contributed by atoms with van der Waals surface area (Å²) in [6.07, 6.45) is 1.08. The van der Waals surface area contributed by atoms with Crippen LogP contribution in [0.3, 0.4) is 0 Å². The van der Waals surface area contributed by atoms with Crippen LogP contribution in [0.2, 0.25) is 0 Å². The van der Waals surface area contributed by atoms with Crippen LogP contribution in [-0.2, 0) is 10.8 Å². The predicted octanol–water partition coefficient (Wildman–Crippen LogP) is 2.34. The Morgan fingerprint density at radius 1 is 1.25 bits per heavy atom. The van der Waals surface area contributed by atoms with Crippen molar-refractivity contribution in [3.63, 3.8) is 0 Å². The van der Waals surface area contributed by atoms with Crippen LogP contribution in [0.25, 0.3) is 0 Å². The summed E-state index contributed by atoms with van der Waals surface area (Å²) >= 11 is 0. The molecule has 2 rings (SSSR count). The van der Waals surface area contributed by atoms with Gasteiger partial charge in [-0.1, -0.05) is 6.92 Å². The molecule has 5 heteroatoms. The number of rotatable bonds is 6. The summed E-state index contributed by atoms with van der Waals surface area (Å²) < 4.78 is 23.6. The Morgan fingerprint density at radius 2 is 1.95 bits per heavy atom. The molecular formula is C15H23NO3S. The lowest BCUT2D eigenvalue weighted by molar-refractivity contribution is 0.171. The Labute approximate surface area is 123 Å². The first-order chi connectivity index (χ1) is 9.63. The number of fused-ring (bicyclic) bond motifs is 1. The zero-order chi connectivity index (χ0) is 14.5. The van der Waals surface area contributed by atoms with Crippen LogP contribution >= 0.6 is 0 Å². The topological polar surface area (TPSA) is 47.6 Å². The molecule has 3 unspecified atom stereocenters. The first-order valence-electron chi connectivity index (χ1n) is 7.17. The van der Waals surface area contributed by atoms with Crippen molar-refractivity contribution < 1.29 is 13.7 Å². The molecule has 1 aliphatic rings. The zero-order valence-electron chi connectivity index (χ0n) is 12.3. The van der Waals surface area contributed by atoms with Gasteiger partial charge < -0.3 is 14.8 Å². The minimum atomic E-state index is -1.06. The first kappa shape index (κ1) is 15.3. The van der Waals surface area contributed by atoms with Gasteiger partial charge in [0.05, 0.1) is 16.0 Å². The molecule has 0 saturated heterocycles. The van der Waals surface area contributed by atoms with Crippen LogP contribution in [0.1, 0.15) is 27.2 Å². The fraction of sp³-hybridized carbons (Fsp3) is 0.600. The standard InChI is InChI=1S/C15H23NO3S/c1-4-7-16-11(2)12(3)20(17)13-5-6-14-15(10-13)19-9-8-18-14/h5-6,10-12,16H,4,7-9H2,1-3H3. The van der Waals surface area contributed by atoms with E-state index >= 15 is 0 Å². The van der Waals surface area contributed by atoms with E-state index in [1.165, 1.54) is 0 Å². The number of nitrogens with one attached hydrogen (secondary N) is 1. The highest BCUT2D eigenvalue weighted by Gasteiger charge is 2.21. The molecule has 20 heavy (non-hydrogen) atoms. The summed E-state index contributed by atoms with van der Waals surface area (Å²) in [5.41, 5.74) is 0. The summed E-state index contributed by atoms with van der Waals surface area (Å²) in [6.45, 7) is 8.29. The van der Waals surface area contributed by atoms with Gasteiger partial charge in [0.25, 0.3) is 0 Å². The maximum Gasteiger partial charge on any atom is 0.162 e. The third kappa shape index (κ3) is 3.52. The molecule has 0 fully saturated rings.